The van der Waals surface area contributed by atoms with Gasteiger partial charge in [0.05, 0.1) is 6.26 Å². The summed E-state index contributed by atoms with van der Waals surface area (Å²) in [6.07, 6.45) is 3.03. The van der Waals surface area contributed by atoms with E-state index in [1.807, 2.05) is 4.90 Å². The lowest BCUT2D eigenvalue weighted by molar-refractivity contribution is 0.0313. The summed E-state index contributed by atoms with van der Waals surface area (Å²) in [4.78, 5) is 16.9. The predicted octanol–water partition coefficient (Wildman–Crippen LogP) is 1.91. The highest BCUT2D eigenvalue weighted by molar-refractivity contribution is 7.88. The summed E-state index contributed by atoms with van der Waals surface area (Å²) in [6, 6.07) is 7.03. The molecule has 0 bridgehead atoms. The summed E-state index contributed by atoms with van der Waals surface area (Å²) in [5, 5.41) is 0.561. The minimum absolute atomic E-state index is 0.00174. The van der Waals surface area contributed by atoms with E-state index in [2.05, 4.69) is 11.8 Å². The Morgan fingerprint density at radius 2 is 1.88 bits per heavy atom. The maximum atomic E-state index is 12.7. The molecular weight excluding hydrogens is 374 g/mol. The van der Waals surface area contributed by atoms with Crippen LogP contribution in [-0.4, -0.2) is 79.5 Å². The molecule has 0 aromatic heterocycles. The topological polar surface area (TPSA) is 60.9 Å². The molecule has 2 saturated heterocycles. The molecule has 6 nitrogen and oxygen atoms in total. The van der Waals surface area contributed by atoms with Gasteiger partial charge >= 0.3 is 0 Å². The number of rotatable bonds is 4. The fourth-order valence-electron chi connectivity index (χ4n) is 4.06. The average molecular weight is 400 g/mol. The molecule has 1 atom stereocenters. The number of nitrogens with zero attached hydrogens (tertiary/aromatic N) is 3. The van der Waals surface area contributed by atoms with Crippen LogP contribution >= 0.6 is 11.6 Å². The SMILES string of the molecule is CC[C@]1(N2CCN(C(=O)c3cccc(Cl)c3)CC2)CCN(S(C)(=O)=O)C1. The van der Waals surface area contributed by atoms with Gasteiger partial charge in [-0.1, -0.05) is 24.6 Å². The molecule has 1 aromatic carbocycles. The molecule has 2 aliphatic rings. The number of sulfonamides is 1. The van der Waals surface area contributed by atoms with Gasteiger partial charge in [-0.2, -0.15) is 0 Å². The first-order chi connectivity index (χ1) is 12.2. The second-order valence-electron chi connectivity index (χ2n) is 7.21. The molecule has 26 heavy (non-hydrogen) atoms. The van der Waals surface area contributed by atoms with E-state index in [9.17, 15) is 13.2 Å². The fourth-order valence-corrected chi connectivity index (χ4v) is 5.15. The van der Waals surface area contributed by atoms with Crippen LogP contribution in [0, 0.1) is 0 Å². The molecule has 1 amide bonds. The van der Waals surface area contributed by atoms with Gasteiger partial charge in [0.1, 0.15) is 0 Å². The van der Waals surface area contributed by atoms with Crippen LogP contribution in [-0.2, 0) is 10.0 Å². The van der Waals surface area contributed by atoms with Crippen molar-refractivity contribution in [3.63, 3.8) is 0 Å². The molecule has 2 fully saturated rings. The molecule has 2 aliphatic heterocycles. The third-order valence-corrected chi connectivity index (χ3v) is 7.22. The molecule has 8 heteroatoms. The van der Waals surface area contributed by atoms with Crippen LogP contribution < -0.4 is 0 Å². The maximum Gasteiger partial charge on any atom is 0.253 e. The molecule has 0 spiro atoms. The van der Waals surface area contributed by atoms with Gasteiger partial charge < -0.3 is 4.90 Å². The minimum atomic E-state index is -3.16. The Balaban J connectivity index is 1.65. The normalized spacial score (nSPS) is 25.6. The Hall–Kier alpha value is -1.15. The lowest BCUT2D eigenvalue weighted by Crippen LogP contribution is -2.59. The van der Waals surface area contributed by atoms with E-state index in [0.29, 0.717) is 36.8 Å². The van der Waals surface area contributed by atoms with Gasteiger partial charge in [0, 0.05) is 55.4 Å². The van der Waals surface area contributed by atoms with Crippen LogP contribution in [0.2, 0.25) is 5.02 Å². The summed E-state index contributed by atoms with van der Waals surface area (Å²) in [7, 11) is -3.16. The molecule has 0 aliphatic carbocycles. The van der Waals surface area contributed by atoms with Crippen molar-refractivity contribution in [2.75, 3.05) is 45.5 Å². The van der Waals surface area contributed by atoms with Crippen molar-refractivity contribution in [3.8, 4) is 0 Å². The Kier molecular flexibility index (Phi) is 5.63. The second kappa shape index (κ2) is 7.46. The predicted molar refractivity (Wildman–Crippen MR) is 103 cm³/mol. The molecule has 0 radical (unpaired) electrons. The third kappa shape index (κ3) is 3.91. The Bertz CT molecular complexity index is 778. The summed E-state index contributed by atoms with van der Waals surface area (Å²) >= 11 is 5.99. The Labute approximate surface area is 160 Å². The van der Waals surface area contributed by atoms with Crippen LogP contribution in [0.5, 0.6) is 0 Å². The number of amides is 1. The molecule has 0 saturated carbocycles. The van der Waals surface area contributed by atoms with Gasteiger partial charge in [-0.3, -0.25) is 9.69 Å². The van der Waals surface area contributed by atoms with Gasteiger partial charge in [0.25, 0.3) is 5.91 Å². The van der Waals surface area contributed by atoms with Crippen molar-refractivity contribution in [2.24, 2.45) is 0 Å². The van der Waals surface area contributed by atoms with Crippen LogP contribution in [0.25, 0.3) is 0 Å². The van der Waals surface area contributed by atoms with Gasteiger partial charge in [0.15, 0.2) is 0 Å². The highest BCUT2D eigenvalue weighted by Gasteiger charge is 2.45. The number of benzene rings is 1. The van der Waals surface area contributed by atoms with Crippen molar-refractivity contribution in [1.82, 2.24) is 14.1 Å². The highest BCUT2D eigenvalue weighted by Crippen LogP contribution is 2.33. The molecule has 144 valence electrons. The van der Waals surface area contributed by atoms with Crippen LogP contribution in [0.3, 0.4) is 0 Å². The number of hydrogen-bond acceptors (Lipinski definition) is 4. The lowest BCUT2D eigenvalue weighted by atomic mass is 9.92. The molecule has 3 rings (SSSR count). The number of hydrogen-bond donors (Lipinski definition) is 0. The molecular formula is C18H26ClN3O3S. The standard InChI is InChI=1S/C18H26ClN3O3S/c1-3-18(7-8-22(14-18)26(2,24)25)21-11-9-20(10-12-21)17(23)15-5-4-6-16(19)13-15/h4-6,13H,3,7-12,14H2,1-2H3/t18-/m0/s1. The number of halogens is 1. The summed E-state index contributed by atoms with van der Waals surface area (Å²) in [5.74, 6) is 0.00174. The van der Waals surface area contributed by atoms with Crippen LogP contribution in [0.15, 0.2) is 24.3 Å². The van der Waals surface area contributed by atoms with Gasteiger partial charge in [-0.25, -0.2) is 12.7 Å². The molecule has 0 unspecified atom stereocenters. The third-order valence-electron chi connectivity index (χ3n) is 5.73. The van der Waals surface area contributed by atoms with Gasteiger partial charge in [0.2, 0.25) is 10.0 Å². The maximum absolute atomic E-state index is 12.7. The first-order valence-electron chi connectivity index (χ1n) is 9.00. The average Bonchev–Trinajstić information content (AvgIpc) is 3.07. The molecule has 1 aromatic rings. The van der Waals surface area contributed by atoms with Crippen LogP contribution in [0.4, 0.5) is 0 Å². The van der Waals surface area contributed by atoms with Crippen molar-refractivity contribution in [1.29, 1.82) is 0 Å². The Morgan fingerprint density at radius 3 is 2.42 bits per heavy atom. The first kappa shape index (κ1) is 19.6. The quantitative estimate of drug-likeness (QED) is 0.776. The molecule has 2 heterocycles. The van der Waals surface area contributed by atoms with E-state index in [0.717, 1.165) is 25.9 Å². The van der Waals surface area contributed by atoms with E-state index in [1.165, 1.54) is 6.26 Å². The monoisotopic (exact) mass is 399 g/mol. The smallest absolute Gasteiger partial charge is 0.253 e. The van der Waals surface area contributed by atoms with Gasteiger partial charge in [-0.05, 0) is 31.0 Å². The van der Waals surface area contributed by atoms with Crippen molar-refractivity contribution in [2.45, 2.75) is 25.3 Å². The second-order valence-corrected chi connectivity index (χ2v) is 9.63. The molecule has 0 N–H and O–H groups in total. The summed E-state index contributed by atoms with van der Waals surface area (Å²) < 4.78 is 25.4. The van der Waals surface area contributed by atoms with Gasteiger partial charge in [-0.15, -0.1) is 0 Å². The van der Waals surface area contributed by atoms with E-state index in [-0.39, 0.29) is 11.4 Å². The minimum Gasteiger partial charge on any atom is -0.336 e. The van der Waals surface area contributed by atoms with Crippen LogP contribution in [0.1, 0.15) is 30.1 Å². The fraction of sp³-hybridized carbons (Fsp3) is 0.611. The summed E-state index contributed by atoms with van der Waals surface area (Å²) in [6.45, 7) is 6.06. The van der Waals surface area contributed by atoms with E-state index >= 15 is 0 Å². The van der Waals surface area contributed by atoms with Crippen molar-refractivity contribution < 1.29 is 13.2 Å². The lowest BCUT2D eigenvalue weighted by Gasteiger charge is -2.45. The summed E-state index contributed by atoms with van der Waals surface area (Å²) in [5.41, 5.74) is 0.495. The number of carbonyl (C=O) groups is 1. The zero-order valence-electron chi connectivity index (χ0n) is 15.3. The van der Waals surface area contributed by atoms with E-state index in [4.69, 9.17) is 11.6 Å². The van der Waals surface area contributed by atoms with E-state index in [1.54, 1.807) is 28.6 Å². The number of piperazine rings is 1. The first-order valence-corrected chi connectivity index (χ1v) is 11.2. The Morgan fingerprint density at radius 1 is 1.19 bits per heavy atom. The number of carbonyl (C=O) groups excluding carboxylic acids is 1. The highest BCUT2D eigenvalue weighted by atomic mass is 35.5. The zero-order chi connectivity index (χ0) is 18.9. The zero-order valence-corrected chi connectivity index (χ0v) is 16.9. The largest absolute Gasteiger partial charge is 0.336 e. The van der Waals surface area contributed by atoms with E-state index < -0.39 is 10.0 Å². The van der Waals surface area contributed by atoms with Crippen molar-refractivity contribution in [3.05, 3.63) is 34.9 Å². The van der Waals surface area contributed by atoms with Crippen molar-refractivity contribution >= 4 is 27.5 Å².